The largest absolute Gasteiger partial charge is 0.290 e. The van der Waals surface area contributed by atoms with Gasteiger partial charge in [-0.25, -0.2) is 0 Å². The van der Waals surface area contributed by atoms with E-state index >= 15 is 0 Å². The molecule has 0 aliphatic carbocycles. The van der Waals surface area contributed by atoms with Gasteiger partial charge in [-0.2, -0.15) is 0 Å². The Labute approximate surface area is 74.1 Å². The zero-order valence-corrected chi connectivity index (χ0v) is 7.12. The number of carbonyl (C=O) groups is 1. The summed E-state index contributed by atoms with van der Waals surface area (Å²) >= 11 is 1.46. The van der Waals surface area contributed by atoms with Crippen LogP contribution < -0.4 is 0 Å². The van der Waals surface area contributed by atoms with Gasteiger partial charge in [-0.3, -0.25) is 9.36 Å². The first kappa shape index (κ1) is 7.31. The molecule has 0 atom stereocenters. The first-order chi connectivity index (χ1) is 5.88. The van der Waals surface area contributed by atoms with Crippen LogP contribution in [0.25, 0.3) is 0 Å². The molecule has 2 aromatic rings. The van der Waals surface area contributed by atoms with Gasteiger partial charge < -0.3 is 0 Å². The SMILES string of the molecule is O=C(c1cccs1)n1cccc1. The fraction of sp³-hybridized carbons (Fsp3) is 0. The van der Waals surface area contributed by atoms with Crippen molar-refractivity contribution in [3.63, 3.8) is 0 Å². The quantitative estimate of drug-likeness (QED) is 0.654. The summed E-state index contributed by atoms with van der Waals surface area (Å²) in [6.45, 7) is 0. The molecular weight excluding hydrogens is 170 g/mol. The molecule has 60 valence electrons. The Bertz CT molecular complexity index is 325. The van der Waals surface area contributed by atoms with Crippen LogP contribution in [0.4, 0.5) is 0 Å². The van der Waals surface area contributed by atoms with Crippen LogP contribution >= 0.6 is 11.3 Å². The van der Waals surface area contributed by atoms with Crippen molar-refractivity contribution in [3.8, 4) is 0 Å². The van der Waals surface area contributed by atoms with Gasteiger partial charge in [-0.05, 0) is 23.6 Å². The molecule has 0 bridgehead atoms. The van der Waals surface area contributed by atoms with Gasteiger partial charge in [0.05, 0.1) is 4.88 Å². The third-order valence-corrected chi connectivity index (χ3v) is 2.43. The Morgan fingerprint density at radius 3 is 2.58 bits per heavy atom. The average molecular weight is 177 g/mol. The summed E-state index contributed by atoms with van der Waals surface area (Å²) in [6.07, 6.45) is 3.50. The van der Waals surface area contributed by atoms with E-state index in [0.717, 1.165) is 4.88 Å². The minimum Gasteiger partial charge on any atom is -0.290 e. The fourth-order valence-electron chi connectivity index (χ4n) is 0.997. The lowest BCUT2D eigenvalue weighted by molar-refractivity contribution is 0.0964. The second-order valence-electron chi connectivity index (χ2n) is 2.37. The Balaban J connectivity index is 2.34. The maximum atomic E-state index is 11.5. The van der Waals surface area contributed by atoms with E-state index < -0.39 is 0 Å². The van der Waals surface area contributed by atoms with E-state index in [4.69, 9.17) is 0 Å². The number of hydrogen-bond acceptors (Lipinski definition) is 2. The molecule has 3 heteroatoms. The molecule has 0 amide bonds. The van der Waals surface area contributed by atoms with Crippen LogP contribution in [0.5, 0.6) is 0 Å². The molecular formula is C9H7NOS. The van der Waals surface area contributed by atoms with E-state index in [1.807, 2.05) is 29.6 Å². The molecule has 0 aromatic carbocycles. The molecule has 2 rings (SSSR count). The molecule has 0 unspecified atom stereocenters. The smallest absolute Gasteiger partial charge is 0.271 e. The van der Waals surface area contributed by atoms with E-state index in [-0.39, 0.29) is 5.91 Å². The van der Waals surface area contributed by atoms with Crippen LogP contribution in [0, 0.1) is 0 Å². The van der Waals surface area contributed by atoms with Gasteiger partial charge in [0.1, 0.15) is 0 Å². The molecule has 0 aliphatic rings. The van der Waals surface area contributed by atoms with Crippen LogP contribution in [0.3, 0.4) is 0 Å². The van der Waals surface area contributed by atoms with Gasteiger partial charge in [0, 0.05) is 12.4 Å². The van der Waals surface area contributed by atoms with Crippen molar-refractivity contribution in [2.75, 3.05) is 0 Å². The molecule has 0 aliphatic heterocycles. The monoisotopic (exact) mass is 177 g/mol. The van der Waals surface area contributed by atoms with Crippen molar-refractivity contribution in [1.29, 1.82) is 0 Å². The third-order valence-electron chi connectivity index (χ3n) is 1.57. The Kier molecular flexibility index (Phi) is 1.80. The minimum absolute atomic E-state index is 0.0370. The molecule has 0 saturated carbocycles. The lowest BCUT2D eigenvalue weighted by atomic mass is 10.4. The Morgan fingerprint density at radius 2 is 2.00 bits per heavy atom. The number of carbonyl (C=O) groups excluding carboxylic acids is 1. The fourth-order valence-corrected chi connectivity index (χ4v) is 1.66. The molecule has 0 N–H and O–H groups in total. The van der Waals surface area contributed by atoms with E-state index in [1.54, 1.807) is 17.0 Å². The van der Waals surface area contributed by atoms with Crippen LogP contribution in [-0.2, 0) is 0 Å². The van der Waals surface area contributed by atoms with Gasteiger partial charge in [-0.15, -0.1) is 11.3 Å². The molecule has 12 heavy (non-hydrogen) atoms. The van der Waals surface area contributed by atoms with Crippen LogP contribution in [0.2, 0.25) is 0 Å². The molecule has 2 nitrogen and oxygen atoms in total. The van der Waals surface area contributed by atoms with Crippen molar-refractivity contribution in [1.82, 2.24) is 4.57 Å². The summed E-state index contributed by atoms with van der Waals surface area (Å²) < 4.78 is 1.58. The highest BCUT2D eigenvalue weighted by molar-refractivity contribution is 7.12. The van der Waals surface area contributed by atoms with Crippen LogP contribution in [0.15, 0.2) is 42.0 Å². The van der Waals surface area contributed by atoms with Crippen molar-refractivity contribution < 1.29 is 4.79 Å². The van der Waals surface area contributed by atoms with Crippen LogP contribution in [-0.4, -0.2) is 10.5 Å². The van der Waals surface area contributed by atoms with Crippen molar-refractivity contribution in [2.24, 2.45) is 0 Å². The topological polar surface area (TPSA) is 22.0 Å². The van der Waals surface area contributed by atoms with E-state index in [9.17, 15) is 4.79 Å². The lowest BCUT2D eigenvalue weighted by Crippen LogP contribution is -2.06. The van der Waals surface area contributed by atoms with Crippen molar-refractivity contribution >= 4 is 17.2 Å². The van der Waals surface area contributed by atoms with Gasteiger partial charge in [0.2, 0.25) is 0 Å². The highest BCUT2D eigenvalue weighted by Gasteiger charge is 2.06. The maximum Gasteiger partial charge on any atom is 0.271 e. The van der Waals surface area contributed by atoms with E-state index in [1.165, 1.54) is 11.3 Å². The number of rotatable bonds is 1. The highest BCUT2D eigenvalue weighted by atomic mass is 32.1. The summed E-state index contributed by atoms with van der Waals surface area (Å²) in [4.78, 5) is 12.3. The second kappa shape index (κ2) is 2.95. The van der Waals surface area contributed by atoms with Crippen LogP contribution in [0.1, 0.15) is 9.67 Å². The summed E-state index contributed by atoms with van der Waals surface area (Å²) in [6, 6.07) is 7.38. The molecule has 0 fully saturated rings. The number of nitrogens with zero attached hydrogens (tertiary/aromatic N) is 1. The molecule has 0 saturated heterocycles. The predicted octanol–water partition coefficient (Wildman–Crippen LogP) is 2.24. The summed E-state index contributed by atoms with van der Waals surface area (Å²) in [5, 5.41) is 1.90. The van der Waals surface area contributed by atoms with Gasteiger partial charge in [0.15, 0.2) is 0 Å². The summed E-state index contributed by atoms with van der Waals surface area (Å²) in [5.74, 6) is 0.0370. The van der Waals surface area contributed by atoms with Crippen molar-refractivity contribution in [3.05, 3.63) is 46.9 Å². The summed E-state index contributed by atoms with van der Waals surface area (Å²) in [7, 11) is 0. The Morgan fingerprint density at radius 1 is 1.25 bits per heavy atom. The molecule has 2 aromatic heterocycles. The zero-order chi connectivity index (χ0) is 8.39. The minimum atomic E-state index is 0.0370. The van der Waals surface area contributed by atoms with Gasteiger partial charge >= 0.3 is 0 Å². The molecule has 2 heterocycles. The maximum absolute atomic E-state index is 11.5. The third kappa shape index (κ3) is 1.19. The van der Waals surface area contributed by atoms with E-state index in [2.05, 4.69) is 0 Å². The van der Waals surface area contributed by atoms with Gasteiger partial charge in [0.25, 0.3) is 5.91 Å². The highest BCUT2D eigenvalue weighted by Crippen LogP contribution is 2.10. The lowest BCUT2D eigenvalue weighted by Gasteiger charge is -1.96. The predicted molar refractivity (Wildman–Crippen MR) is 48.5 cm³/mol. The molecule has 0 radical (unpaired) electrons. The first-order valence-electron chi connectivity index (χ1n) is 3.59. The van der Waals surface area contributed by atoms with E-state index in [0.29, 0.717) is 0 Å². The number of aromatic nitrogens is 1. The first-order valence-corrected chi connectivity index (χ1v) is 4.47. The van der Waals surface area contributed by atoms with Crippen molar-refractivity contribution in [2.45, 2.75) is 0 Å². The second-order valence-corrected chi connectivity index (χ2v) is 3.32. The normalized spacial score (nSPS) is 10.0. The van der Waals surface area contributed by atoms with Gasteiger partial charge in [-0.1, -0.05) is 6.07 Å². The summed E-state index contributed by atoms with van der Waals surface area (Å²) in [5.41, 5.74) is 0. The Hall–Kier alpha value is -1.35. The average Bonchev–Trinajstić information content (AvgIpc) is 2.77. The zero-order valence-electron chi connectivity index (χ0n) is 6.31. The number of hydrogen-bond donors (Lipinski definition) is 0. The standard InChI is InChI=1S/C9H7NOS/c11-9(8-4-3-7-12-8)10-5-1-2-6-10/h1-7H. The molecule has 0 spiro atoms. The number of thiophene rings is 1.